The summed E-state index contributed by atoms with van der Waals surface area (Å²) in [6.45, 7) is 9.00. The number of fused-ring (bicyclic) bond motifs is 2. The van der Waals surface area contributed by atoms with Gasteiger partial charge in [-0.25, -0.2) is 4.98 Å². The van der Waals surface area contributed by atoms with Gasteiger partial charge in [-0.2, -0.15) is 0 Å². The van der Waals surface area contributed by atoms with E-state index in [1.807, 2.05) is 6.20 Å². The van der Waals surface area contributed by atoms with Crippen molar-refractivity contribution in [3.63, 3.8) is 0 Å². The van der Waals surface area contributed by atoms with Crippen molar-refractivity contribution in [3.8, 4) is 0 Å². The lowest BCUT2D eigenvalue weighted by atomic mass is 9.91. The van der Waals surface area contributed by atoms with Crippen molar-refractivity contribution in [1.82, 2.24) is 24.3 Å². The molecule has 1 aromatic carbocycles. The molecule has 2 aromatic heterocycles. The molecule has 3 heterocycles. The molecule has 1 fully saturated rings. The van der Waals surface area contributed by atoms with Gasteiger partial charge in [0.15, 0.2) is 0 Å². The van der Waals surface area contributed by atoms with E-state index in [1.165, 1.54) is 61.4 Å². The van der Waals surface area contributed by atoms with Crippen LogP contribution in [0.3, 0.4) is 0 Å². The van der Waals surface area contributed by atoms with E-state index < -0.39 is 0 Å². The smallest absolute Gasteiger partial charge is 0.124 e. The fraction of sp³-hybridized carbons (Fsp3) is 0.556. The van der Waals surface area contributed by atoms with Gasteiger partial charge in [0.25, 0.3) is 0 Å². The highest BCUT2D eigenvalue weighted by Gasteiger charge is 2.27. The maximum atomic E-state index is 5.11. The topological polar surface area (TPSA) is 37.2 Å². The first-order valence-electron chi connectivity index (χ1n) is 12.4. The molecule has 0 N–H and O–H groups in total. The van der Waals surface area contributed by atoms with Crippen LogP contribution in [0.25, 0.3) is 11.0 Å². The third-order valence-corrected chi connectivity index (χ3v) is 7.54. The molecular formula is C27H37N5. The van der Waals surface area contributed by atoms with Crippen molar-refractivity contribution in [3.05, 3.63) is 59.7 Å². The molecule has 1 aliphatic heterocycles. The molecule has 170 valence electrons. The molecule has 2 aliphatic rings. The first kappa shape index (κ1) is 21.6. The molecular weight excluding hydrogens is 394 g/mol. The number of pyridine rings is 1. The Balaban J connectivity index is 1.41. The molecule has 5 nitrogen and oxygen atoms in total. The summed E-state index contributed by atoms with van der Waals surface area (Å²) in [6.07, 6.45) is 8.12. The Bertz CT molecular complexity index is 1060. The van der Waals surface area contributed by atoms with Gasteiger partial charge in [0.2, 0.25) is 0 Å². The van der Waals surface area contributed by atoms with Crippen LogP contribution in [0.2, 0.25) is 0 Å². The quantitative estimate of drug-likeness (QED) is 0.547. The van der Waals surface area contributed by atoms with Crippen molar-refractivity contribution in [2.24, 2.45) is 5.92 Å². The van der Waals surface area contributed by atoms with Gasteiger partial charge in [-0.3, -0.25) is 9.88 Å². The number of aromatic nitrogens is 3. The summed E-state index contributed by atoms with van der Waals surface area (Å²) < 4.78 is 2.52. The molecule has 5 heteroatoms. The maximum absolute atomic E-state index is 5.11. The Morgan fingerprint density at radius 2 is 1.97 bits per heavy atom. The molecule has 3 aromatic rings. The molecule has 5 rings (SSSR count). The maximum Gasteiger partial charge on any atom is 0.124 e. The Morgan fingerprint density at radius 3 is 2.84 bits per heavy atom. The van der Waals surface area contributed by atoms with Crippen molar-refractivity contribution in [1.29, 1.82) is 0 Å². The van der Waals surface area contributed by atoms with E-state index in [-0.39, 0.29) is 0 Å². The van der Waals surface area contributed by atoms with Gasteiger partial charge < -0.3 is 9.47 Å². The first-order valence-corrected chi connectivity index (χ1v) is 12.4. The van der Waals surface area contributed by atoms with Crippen molar-refractivity contribution < 1.29 is 0 Å². The number of nitrogens with zero attached hydrogens (tertiary/aromatic N) is 5. The highest BCUT2D eigenvalue weighted by atomic mass is 15.2. The molecule has 1 aliphatic carbocycles. The zero-order valence-electron chi connectivity index (χ0n) is 19.9. The fourth-order valence-corrected chi connectivity index (χ4v) is 5.77. The van der Waals surface area contributed by atoms with Crippen LogP contribution in [0.5, 0.6) is 0 Å². The number of para-hydroxylation sites is 2. The molecule has 0 radical (unpaired) electrons. The molecule has 1 unspecified atom stereocenters. The van der Waals surface area contributed by atoms with Crippen molar-refractivity contribution >= 4 is 11.0 Å². The summed E-state index contributed by atoms with van der Waals surface area (Å²) >= 11 is 0. The van der Waals surface area contributed by atoms with E-state index in [4.69, 9.17) is 9.97 Å². The second-order valence-electron chi connectivity index (χ2n) is 10.1. The zero-order valence-corrected chi connectivity index (χ0v) is 19.9. The molecule has 1 saturated heterocycles. The normalized spacial score (nSPS) is 22.0. The average molecular weight is 432 g/mol. The molecule has 2 atom stereocenters. The summed E-state index contributed by atoms with van der Waals surface area (Å²) in [4.78, 5) is 15.0. The summed E-state index contributed by atoms with van der Waals surface area (Å²) in [5, 5.41) is 0. The highest BCUT2D eigenvalue weighted by Crippen LogP contribution is 2.33. The number of aryl methyl sites for hydroxylation is 1. The van der Waals surface area contributed by atoms with E-state index in [2.05, 4.69) is 71.7 Å². The predicted molar refractivity (Wildman–Crippen MR) is 131 cm³/mol. The van der Waals surface area contributed by atoms with E-state index in [1.54, 1.807) is 0 Å². The molecule has 0 bridgehead atoms. The van der Waals surface area contributed by atoms with Gasteiger partial charge >= 0.3 is 0 Å². The molecule has 32 heavy (non-hydrogen) atoms. The minimum atomic E-state index is 0.374. The molecule has 0 saturated carbocycles. The predicted octanol–water partition coefficient (Wildman–Crippen LogP) is 5.06. The molecule has 0 spiro atoms. The van der Waals surface area contributed by atoms with Crippen LogP contribution >= 0.6 is 0 Å². The number of imidazole rings is 1. The minimum Gasteiger partial charge on any atom is -0.327 e. The first-order chi connectivity index (χ1) is 15.6. The van der Waals surface area contributed by atoms with Gasteiger partial charge in [0.05, 0.1) is 29.3 Å². The van der Waals surface area contributed by atoms with E-state index in [0.717, 1.165) is 25.0 Å². The van der Waals surface area contributed by atoms with Gasteiger partial charge in [0.1, 0.15) is 5.82 Å². The summed E-state index contributed by atoms with van der Waals surface area (Å²) in [6, 6.07) is 14.0. The van der Waals surface area contributed by atoms with Crippen molar-refractivity contribution in [2.45, 2.75) is 71.1 Å². The van der Waals surface area contributed by atoms with Crippen LogP contribution in [-0.4, -0.2) is 50.5 Å². The summed E-state index contributed by atoms with van der Waals surface area (Å²) in [5.74, 6) is 1.88. The Labute approximate surface area is 192 Å². The monoisotopic (exact) mass is 431 g/mol. The number of likely N-dealkylation sites (tertiary alicyclic amines) is 1. The second kappa shape index (κ2) is 9.32. The largest absolute Gasteiger partial charge is 0.327 e. The Hall–Kier alpha value is -2.24. The lowest BCUT2D eigenvalue weighted by Crippen LogP contribution is -2.41. The van der Waals surface area contributed by atoms with Gasteiger partial charge in [-0.15, -0.1) is 0 Å². The van der Waals surface area contributed by atoms with Crippen LogP contribution in [0.15, 0.2) is 42.6 Å². The van der Waals surface area contributed by atoms with Gasteiger partial charge in [0, 0.05) is 25.3 Å². The summed E-state index contributed by atoms with van der Waals surface area (Å²) in [5.41, 5.74) is 5.08. The summed E-state index contributed by atoms with van der Waals surface area (Å²) in [7, 11) is 2.25. The Kier molecular flexibility index (Phi) is 6.29. The fourth-order valence-electron chi connectivity index (χ4n) is 5.77. The molecule has 0 amide bonds. The zero-order chi connectivity index (χ0) is 22.1. The van der Waals surface area contributed by atoms with Gasteiger partial charge in [-0.05, 0) is 89.2 Å². The third-order valence-electron chi connectivity index (χ3n) is 7.54. The van der Waals surface area contributed by atoms with Crippen LogP contribution < -0.4 is 0 Å². The SMILES string of the molecule is CC(C)N1CCC[C@@H](Cn2c(CN(C)C3CCCc4cccnc43)nc3ccccc32)C1. The van der Waals surface area contributed by atoms with E-state index >= 15 is 0 Å². The van der Waals surface area contributed by atoms with Gasteiger partial charge in [-0.1, -0.05) is 18.2 Å². The highest BCUT2D eigenvalue weighted by molar-refractivity contribution is 5.75. The van der Waals surface area contributed by atoms with Crippen LogP contribution in [-0.2, 0) is 19.5 Å². The number of hydrogen-bond acceptors (Lipinski definition) is 4. The number of piperidine rings is 1. The number of benzene rings is 1. The average Bonchev–Trinajstić information content (AvgIpc) is 3.15. The lowest BCUT2D eigenvalue weighted by molar-refractivity contribution is 0.129. The van der Waals surface area contributed by atoms with Crippen LogP contribution in [0.1, 0.15) is 62.7 Å². The minimum absolute atomic E-state index is 0.374. The van der Waals surface area contributed by atoms with Crippen LogP contribution in [0, 0.1) is 5.92 Å². The lowest BCUT2D eigenvalue weighted by Gasteiger charge is -2.36. The van der Waals surface area contributed by atoms with Crippen LogP contribution in [0.4, 0.5) is 0 Å². The van der Waals surface area contributed by atoms with Crippen molar-refractivity contribution in [2.75, 3.05) is 20.1 Å². The van der Waals surface area contributed by atoms with E-state index in [9.17, 15) is 0 Å². The second-order valence-corrected chi connectivity index (χ2v) is 10.1. The van der Waals surface area contributed by atoms with E-state index in [0.29, 0.717) is 18.0 Å². The number of hydrogen-bond donors (Lipinski definition) is 0. The third kappa shape index (κ3) is 4.33. The Morgan fingerprint density at radius 1 is 1.09 bits per heavy atom. The number of rotatable bonds is 6. The standard InChI is InChI=1S/C27H37N5/c1-20(2)31-16-8-9-21(17-31)18-32-24-13-5-4-12-23(24)29-26(32)19-30(3)25-14-6-10-22-11-7-15-28-27(22)25/h4-5,7,11-13,15,20-21,25H,6,8-10,14,16-19H2,1-3H3/t21-,25?/m1/s1.